The summed E-state index contributed by atoms with van der Waals surface area (Å²) in [6.07, 6.45) is 7.73. The largest absolute Gasteiger partial charge is 0.497 e. The number of hydrogen-bond donors (Lipinski definition) is 1. The first kappa shape index (κ1) is 15.8. The Hall–Kier alpha value is -1.22. The molecule has 0 aliphatic carbocycles. The molecule has 3 nitrogen and oxygen atoms in total. The van der Waals surface area contributed by atoms with Gasteiger partial charge in [0.05, 0.1) is 13.7 Å². The molecule has 0 heterocycles. The van der Waals surface area contributed by atoms with Crippen molar-refractivity contribution < 1.29 is 9.47 Å². The lowest BCUT2D eigenvalue weighted by atomic mass is 10.1. The molecule has 0 fully saturated rings. The lowest BCUT2D eigenvalue weighted by Crippen LogP contribution is -1.98. The molecule has 1 aromatic rings. The predicted octanol–water partition coefficient (Wildman–Crippen LogP) is 4.15. The Morgan fingerprint density at radius 2 is 1.74 bits per heavy atom. The van der Waals surface area contributed by atoms with E-state index in [9.17, 15) is 0 Å². The second kappa shape index (κ2) is 9.68. The van der Waals surface area contributed by atoms with Crippen LogP contribution in [0.25, 0.3) is 0 Å². The molecule has 1 aromatic carbocycles. The average Bonchev–Trinajstić information content (AvgIpc) is 2.41. The van der Waals surface area contributed by atoms with Crippen LogP contribution in [0.15, 0.2) is 18.2 Å². The summed E-state index contributed by atoms with van der Waals surface area (Å²) in [6.45, 7) is 3.67. The number of methoxy groups -OCH3 is 1. The Balaban J connectivity index is 2.13. The minimum absolute atomic E-state index is 0.608. The number of ether oxygens (including phenoxy) is 2. The average molecular weight is 265 g/mol. The first-order valence-corrected chi connectivity index (χ1v) is 7.27. The van der Waals surface area contributed by atoms with Crippen LogP contribution in [0.1, 0.15) is 51.0 Å². The number of rotatable bonds is 10. The first-order chi connectivity index (χ1) is 9.26. The minimum atomic E-state index is 0.608. The smallest absolute Gasteiger partial charge is 0.121 e. The fourth-order valence-corrected chi connectivity index (χ4v) is 2.06. The highest BCUT2D eigenvalue weighted by Gasteiger charge is 1.99. The minimum Gasteiger partial charge on any atom is -0.497 e. The van der Waals surface area contributed by atoms with Crippen molar-refractivity contribution in [3.8, 4) is 5.75 Å². The van der Waals surface area contributed by atoms with E-state index >= 15 is 0 Å². The standard InChI is InChI=1S/C16H27NO2/c1-3-4-5-6-7-8-9-19-13-14-10-15(17)12-16(11-14)18-2/h10-12H,3-9,13,17H2,1-2H3. The molecule has 1 rings (SSSR count). The molecule has 0 bridgehead atoms. The molecule has 0 unspecified atom stereocenters. The van der Waals surface area contributed by atoms with Crippen LogP contribution in [0.4, 0.5) is 5.69 Å². The first-order valence-electron chi connectivity index (χ1n) is 7.27. The zero-order chi connectivity index (χ0) is 13.9. The normalized spacial score (nSPS) is 10.6. The van der Waals surface area contributed by atoms with Crippen molar-refractivity contribution in [2.24, 2.45) is 0 Å². The van der Waals surface area contributed by atoms with E-state index in [0.29, 0.717) is 6.61 Å². The molecule has 19 heavy (non-hydrogen) atoms. The Labute approximate surface area is 117 Å². The van der Waals surface area contributed by atoms with Gasteiger partial charge >= 0.3 is 0 Å². The number of anilines is 1. The van der Waals surface area contributed by atoms with E-state index in [1.54, 1.807) is 7.11 Å². The van der Waals surface area contributed by atoms with Crippen molar-refractivity contribution in [1.29, 1.82) is 0 Å². The molecule has 0 saturated carbocycles. The molecule has 0 saturated heterocycles. The molecule has 2 N–H and O–H groups in total. The molecule has 0 atom stereocenters. The maximum absolute atomic E-state index is 5.80. The molecule has 3 heteroatoms. The molecule has 0 radical (unpaired) electrons. The zero-order valence-corrected chi connectivity index (χ0v) is 12.3. The van der Waals surface area contributed by atoms with Crippen LogP contribution >= 0.6 is 0 Å². The number of nitrogens with two attached hydrogens (primary N) is 1. The Morgan fingerprint density at radius 3 is 2.47 bits per heavy atom. The van der Waals surface area contributed by atoms with Crippen LogP contribution in [0, 0.1) is 0 Å². The van der Waals surface area contributed by atoms with Crippen molar-refractivity contribution in [2.75, 3.05) is 19.5 Å². The maximum Gasteiger partial charge on any atom is 0.121 e. The van der Waals surface area contributed by atoms with Crippen LogP contribution in [0.5, 0.6) is 5.75 Å². The highest BCUT2D eigenvalue weighted by atomic mass is 16.5. The highest BCUT2D eigenvalue weighted by molar-refractivity contribution is 5.47. The maximum atomic E-state index is 5.80. The van der Waals surface area contributed by atoms with Gasteiger partial charge in [-0.2, -0.15) is 0 Å². The Bertz CT molecular complexity index is 353. The topological polar surface area (TPSA) is 44.5 Å². The number of hydrogen-bond acceptors (Lipinski definition) is 3. The summed E-state index contributed by atoms with van der Waals surface area (Å²) in [5.74, 6) is 0.790. The summed E-state index contributed by atoms with van der Waals surface area (Å²) in [5.41, 5.74) is 7.59. The fraction of sp³-hybridized carbons (Fsp3) is 0.625. The van der Waals surface area contributed by atoms with E-state index in [1.807, 2.05) is 18.2 Å². The summed E-state index contributed by atoms with van der Waals surface area (Å²) < 4.78 is 10.9. The van der Waals surface area contributed by atoms with E-state index in [2.05, 4.69) is 6.92 Å². The molecular formula is C16H27NO2. The third-order valence-electron chi connectivity index (χ3n) is 3.14. The highest BCUT2D eigenvalue weighted by Crippen LogP contribution is 2.19. The summed E-state index contributed by atoms with van der Waals surface area (Å²) in [4.78, 5) is 0. The fourth-order valence-electron chi connectivity index (χ4n) is 2.06. The van der Waals surface area contributed by atoms with Gasteiger partial charge < -0.3 is 15.2 Å². The van der Waals surface area contributed by atoms with E-state index < -0.39 is 0 Å². The monoisotopic (exact) mass is 265 g/mol. The second-order valence-corrected chi connectivity index (χ2v) is 4.93. The Morgan fingerprint density at radius 1 is 1.00 bits per heavy atom. The van der Waals surface area contributed by atoms with Crippen molar-refractivity contribution in [3.63, 3.8) is 0 Å². The molecule has 0 spiro atoms. The van der Waals surface area contributed by atoms with E-state index in [-0.39, 0.29) is 0 Å². The Kier molecular flexibility index (Phi) is 8.07. The molecule has 0 aliphatic rings. The lowest BCUT2D eigenvalue weighted by molar-refractivity contribution is 0.116. The SMILES string of the molecule is CCCCCCCCOCc1cc(N)cc(OC)c1. The van der Waals surface area contributed by atoms with Gasteiger partial charge in [-0.3, -0.25) is 0 Å². The van der Waals surface area contributed by atoms with Gasteiger partial charge in [0.1, 0.15) is 5.75 Å². The van der Waals surface area contributed by atoms with Gasteiger partial charge in [0, 0.05) is 18.4 Å². The van der Waals surface area contributed by atoms with E-state index in [0.717, 1.165) is 30.0 Å². The van der Waals surface area contributed by atoms with Gasteiger partial charge in [0.15, 0.2) is 0 Å². The summed E-state index contributed by atoms with van der Waals surface area (Å²) in [7, 11) is 1.65. The molecule has 0 amide bonds. The lowest BCUT2D eigenvalue weighted by Gasteiger charge is -2.08. The molecule has 0 aliphatic heterocycles. The number of nitrogen functional groups attached to an aromatic ring is 1. The van der Waals surface area contributed by atoms with Gasteiger partial charge in [0.2, 0.25) is 0 Å². The van der Waals surface area contributed by atoms with Gasteiger partial charge in [-0.25, -0.2) is 0 Å². The summed E-state index contributed by atoms with van der Waals surface area (Å²) in [6, 6.07) is 5.72. The van der Waals surface area contributed by atoms with Crippen LogP contribution < -0.4 is 10.5 Å². The van der Waals surface area contributed by atoms with Crippen molar-refractivity contribution >= 4 is 5.69 Å². The van der Waals surface area contributed by atoms with Crippen LogP contribution in [0.3, 0.4) is 0 Å². The van der Waals surface area contributed by atoms with Crippen molar-refractivity contribution in [3.05, 3.63) is 23.8 Å². The summed E-state index contributed by atoms with van der Waals surface area (Å²) >= 11 is 0. The zero-order valence-electron chi connectivity index (χ0n) is 12.3. The third-order valence-corrected chi connectivity index (χ3v) is 3.14. The van der Waals surface area contributed by atoms with Crippen LogP contribution in [0.2, 0.25) is 0 Å². The third kappa shape index (κ3) is 7.06. The van der Waals surface area contributed by atoms with E-state index in [1.165, 1.54) is 32.1 Å². The molecule has 108 valence electrons. The quantitative estimate of drug-likeness (QED) is 0.510. The van der Waals surface area contributed by atoms with E-state index in [4.69, 9.17) is 15.2 Å². The van der Waals surface area contributed by atoms with Gasteiger partial charge in [-0.15, -0.1) is 0 Å². The number of benzene rings is 1. The van der Waals surface area contributed by atoms with Crippen molar-refractivity contribution in [2.45, 2.75) is 52.1 Å². The number of unbranched alkanes of at least 4 members (excludes halogenated alkanes) is 5. The van der Waals surface area contributed by atoms with Crippen LogP contribution in [-0.4, -0.2) is 13.7 Å². The van der Waals surface area contributed by atoms with Crippen LogP contribution in [-0.2, 0) is 11.3 Å². The second-order valence-electron chi connectivity index (χ2n) is 4.93. The van der Waals surface area contributed by atoms with Crippen molar-refractivity contribution in [1.82, 2.24) is 0 Å². The van der Waals surface area contributed by atoms with Gasteiger partial charge in [-0.05, 0) is 24.1 Å². The molecule has 0 aromatic heterocycles. The van der Waals surface area contributed by atoms with Gasteiger partial charge in [-0.1, -0.05) is 39.0 Å². The van der Waals surface area contributed by atoms with Gasteiger partial charge in [0.25, 0.3) is 0 Å². The molecular weight excluding hydrogens is 238 g/mol. The predicted molar refractivity (Wildman–Crippen MR) is 80.4 cm³/mol. The summed E-state index contributed by atoms with van der Waals surface area (Å²) in [5, 5.41) is 0.